The largest absolute Gasteiger partial charge is 0.335 e. The quantitative estimate of drug-likeness (QED) is 0.755. The first-order chi connectivity index (χ1) is 14.0. The average Bonchev–Trinajstić information content (AvgIpc) is 3.31. The average molecular weight is 395 g/mol. The molecule has 5 nitrogen and oxygen atoms in total. The van der Waals surface area contributed by atoms with Crippen LogP contribution in [0.15, 0.2) is 30.3 Å². The molecule has 4 rings (SSSR count). The van der Waals surface area contributed by atoms with Crippen LogP contribution in [0.4, 0.5) is 0 Å². The summed E-state index contributed by atoms with van der Waals surface area (Å²) in [4.78, 5) is 18.4. The van der Waals surface area contributed by atoms with Crippen LogP contribution in [0.5, 0.6) is 0 Å². The molecule has 2 heterocycles. The Morgan fingerprint density at radius 1 is 1.24 bits per heavy atom. The molecule has 29 heavy (non-hydrogen) atoms. The summed E-state index contributed by atoms with van der Waals surface area (Å²) in [6, 6.07) is 11.2. The summed E-state index contributed by atoms with van der Waals surface area (Å²) in [5.41, 5.74) is 4.90. The van der Waals surface area contributed by atoms with E-state index < -0.39 is 0 Å². The Bertz CT molecular complexity index is 858. The van der Waals surface area contributed by atoms with Crippen molar-refractivity contribution in [3.8, 4) is 0 Å². The Kier molecular flexibility index (Phi) is 6.04. The first-order valence-corrected chi connectivity index (χ1v) is 11.1. The maximum atomic E-state index is 13.7. The summed E-state index contributed by atoms with van der Waals surface area (Å²) >= 11 is 0. The molecule has 1 aliphatic heterocycles. The minimum absolute atomic E-state index is 0.0932. The lowest BCUT2D eigenvalue weighted by Crippen LogP contribution is -2.45. The van der Waals surface area contributed by atoms with Gasteiger partial charge in [-0.1, -0.05) is 31.2 Å². The second kappa shape index (κ2) is 8.70. The number of amides is 1. The molecule has 1 saturated heterocycles. The van der Waals surface area contributed by atoms with E-state index in [0.29, 0.717) is 18.5 Å². The molecule has 0 radical (unpaired) electrons. The minimum atomic E-state index is 0.0932. The van der Waals surface area contributed by atoms with Crippen molar-refractivity contribution < 1.29 is 4.79 Å². The van der Waals surface area contributed by atoms with E-state index in [1.807, 2.05) is 18.7 Å². The van der Waals surface area contributed by atoms with Crippen molar-refractivity contribution >= 4 is 5.91 Å². The molecule has 2 aromatic rings. The van der Waals surface area contributed by atoms with Crippen molar-refractivity contribution in [2.75, 3.05) is 19.6 Å². The van der Waals surface area contributed by atoms with Crippen LogP contribution in [0.2, 0.25) is 0 Å². The van der Waals surface area contributed by atoms with Gasteiger partial charge >= 0.3 is 0 Å². The van der Waals surface area contributed by atoms with Gasteiger partial charge in [-0.25, -0.2) is 0 Å². The number of rotatable bonds is 6. The van der Waals surface area contributed by atoms with Gasteiger partial charge in [-0.15, -0.1) is 0 Å². The zero-order chi connectivity index (χ0) is 20.4. The van der Waals surface area contributed by atoms with Gasteiger partial charge in [-0.2, -0.15) is 5.10 Å². The van der Waals surface area contributed by atoms with Gasteiger partial charge < -0.3 is 4.90 Å². The zero-order valence-corrected chi connectivity index (χ0v) is 18.1. The minimum Gasteiger partial charge on any atom is -0.335 e. The third kappa shape index (κ3) is 4.40. The number of hydrogen-bond acceptors (Lipinski definition) is 3. The fraction of sp³-hybridized carbons (Fsp3) is 0.583. The van der Waals surface area contributed by atoms with Gasteiger partial charge in [0.05, 0.1) is 17.9 Å². The molecule has 0 spiro atoms. The molecule has 1 aromatic heterocycles. The third-order valence-corrected chi connectivity index (χ3v) is 6.80. The van der Waals surface area contributed by atoms with Crippen LogP contribution in [0.1, 0.15) is 48.7 Å². The first kappa shape index (κ1) is 20.1. The molecule has 1 fully saturated rings. The van der Waals surface area contributed by atoms with E-state index in [1.54, 1.807) is 0 Å². The lowest BCUT2D eigenvalue weighted by molar-refractivity contribution is -0.137. The number of benzene rings is 1. The van der Waals surface area contributed by atoms with Crippen molar-refractivity contribution in [1.82, 2.24) is 19.6 Å². The molecule has 156 valence electrons. The van der Waals surface area contributed by atoms with Crippen LogP contribution >= 0.6 is 0 Å². The van der Waals surface area contributed by atoms with Crippen LogP contribution in [0.25, 0.3) is 0 Å². The third-order valence-electron chi connectivity index (χ3n) is 6.80. The van der Waals surface area contributed by atoms with Crippen LogP contribution in [-0.2, 0) is 31.2 Å². The number of likely N-dealkylation sites (tertiary alicyclic amines) is 1. The lowest BCUT2D eigenvalue weighted by atomic mass is 9.83. The highest BCUT2D eigenvalue weighted by atomic mass is 16.2. The Morgan fingerprint density at radius 3 is 2.76 bits per heavy atom. The normalized spacial score (nSPS) is 21.9. The van der Waals surface area contributed by atoms with E-state index in [4.69, 9.17) is 0 Å². The highest BCUT2D eigenvalue weighted by Crippen LogP contribution is 2.28. The molecule has 1 aromatic carbocycles. The maximum absolute atomic E-state index is 13.7. The number of hydrogen-bond donors (Lipinski definition) is 0. The second-order valence-electron chi connectivity index (χ2n) is 8.75. The maximum Gasteiger partial charge on any atom is 0.226 e. The SMILES string of the molecule is CCN1CCC[C@@H]1CN(Cc1cc(C)nn1C)C(=O)[C@@H]1CCc2ccccc2C1. The van der Waals surface area contributed by atoms with Gasteiger partial charge in [-0.3, -0.25) is 14.4 Å². The van der Waals surface area contributed by atoms with E-state index in [1.165, 1.54) is 24.0 Å². The van der Waals surface area contributed by atoms with E-state index in [2.05, 4.69) is 52.2 Å². The summed E-state index contributed by atoms with van der Waals surface area (Å²) in [5, 5.41) is 4.50. The number of likely N-dealkylation sites (N-methyl/N-ethyl adjacent to an activating group) is 1. The Balaban J connectivity index is 1.54. The van der Waals surface area contributed by atoms with E-state index in [0.717, 1.165) is 50.3 Å². The summed E-state index contributed by atoms with van der Waals surface area (Å²) in [6.45, 7) is 7.95. The molecule has 1 amide bonds. The number of fused-ring (bicyclic) bond motifs is 1. The van der Waals surface area contributed by atoms with Gasteiger partial charge in [0.15, 0.2) is 0 Å². The van der Waals surface area contributed by atoms with Crippen molar-refractivity contribution in [3.63, 3.8) is 0 Å². The molecule has 0 unspecified atom stereocenters. The molecular weight excluding hydrogens is 360 g/mol. The molecule has 2 aliphatic rings. The van der Waals surface area contributed by atoms with Gasteiger partial charge in [0.1, 0.15) is 0 Å². The summed E-state index contributed by atoms with van der Waals surface area (Å²) in [5.74, 6) is 0.414. The molecule has 1 aliphatic carbocycles. The highest BCUT2D eigenvalue weighted by molar-refractivity contribution is 5.79. The van der Waals surface area contributed by atoms with Crippen LogP contribution in [-0.4, -0.2) is 51.2 Å². The van der Waals surface area contributed by atoms with Gasteiger partial charge in [-0.05, 0) is 69.3 Å². The van der Waals surface area contributed by atoms with Crippen LogP contribution in [0.3, 0.4) is 0 Å². The number of aryl methyl sites for hydroxylation is 3. The van der Waals surface area contributed by atoms with E-state index >= 15 is 0 Å². The highest BCUT2D eigenvalue weighted by Gasteiger charge is 2.32. The number of carbonyl (C=O) groups is 1. The molecule has 5 heteroatoms. The van der Waals surface area contributed by atoms with Crippen molar-refractivity contribution in [1.29, 1.82) is 0 Å². The Hall–Kier alpha value is -2.14. The topological polar surface area (TPSA) is 41.4 Å². The lowest BCUT2D eigenvalue weighted by Gasteiger charge is -2.34. The number of carbonyl (C=O) groups excluding carboxylic acids is 1. The molecular formula is C24H34N4O. The summed E-state index contributed by atoms with van der Waals surface area (Å²) < 4.78 is 1.93. The van der Waals surface area contributed by atoms with Gasteiger partial charge in [0.25, 0.3) is 0 Å². The number of nitrogens with zero attached hydrogens (tertiary/aromatic N) is 4. The monoisotopic (exact) mass is 394 g/mol. The molecule has 0 saturated carbocycles. The van der Waals surface area contributed by atoms with E-state index in [9.17, 15) is 4.79 Å². The zero-order valence-electron chi connectivity index (χ0n) is 18.1. The van der Waals surface area contributed by atoms with Gasteiger partial charge in [0, 0.05) is 25.6 Å². The van der Waals surface area contributed by atoms with Crippen molar-refractivity contribution in [3.05, 3.63) is 52.8 Å². The summed E-state index contributed by atoms with van der Waals surface area (Å²) in [6.07, 6.45) is 5.27. The van der Waals surface area contributed by atoms with E-state index in [-0.39, 0.29) is 5.92 Å². The van der Waals surface area contributed by atoms with Crippen LogP contribution in [0, 0.1) is 12.8 Å². The summed E-state index contributed by atoms with van der Waals surface area (Å²) in [7, 11) is 1.98. The predicted octanol–water partition coefficient (Wildman–Crippen LogP) is 3.35. The Labute approximate surface area is 174 Å². The van der Waals surface area contributed by atoms with Crippen molar-refractivity contribution in [2.24, 2.45) is 13.0 Å². The first-order valence-electron chi connectivity index (χ1n) is 11.1. The van der Waals surface area contributed by atoms with Crippen molar-refractivity contribution in [2.45, 2.75) is 58.5 Å². The van der Waals surface area contributed by atoms with Crippen LogP contribution < -0.4 is 0 Å². The predicted molar refractivity (Wildman–Crippen MR) is 116 cm³/mol. The molecule has 2 atom stereocenters. The molecule has 0 bridgehead atoms. The second-order valence-corrected chi connectivity index (χ2v) is 8.75. The fourth-order valence-electron chi connectivity index (χ4n) is 5.18. The fourth-order valence-corrected chi connectivity index (χ4v) is 5.18. The molecule has 0 N–H and O–H groups in total. The Morgan fingerprint density at radius 2 is 2.03 bits per heavy atom. The number of aromatic nitrogens is 2. The van der Waals surface area contributed by atoms with Gasteiger partial charge in [0.2, 0.25) is 5.91 Å². The standard InChI is InChI=1S/C24H34N4O/c1-4-27-13-7-10-22(27)16-28(17-23-14-18(2)25-26(23)3)24(29)21-12-11-19-8-5-6-9-20(19)15-21/h5-6,8-9,14,21-22H,4,7,10-13,15-17H2,1-3H3/t21-,22-/m1/s1. The smallest absolute Gasteiger partial charge is 0.226 e.